The molecule has 3 heterocycles. The van der Waals surface area contributed by atoms with E-state index in [0.29, 0.717) is 23.2 Å². The van der Waals surface area contributed by atoms with Crippen LogP contribution in [0.5, 0.6) is 0 Å². The number of anilines is 1. The van der Waals surface area contributed by atoms with Gasteiger partial charge in [-0.1, -0.05) is 11.6 Å². The summed E-state index contributed by atoms with van der Waals surface area (Å²) in [4.78, 5) is 11.2. The first kappa shape index (κ1) is 14.2. The highest BCUT2D eigenvalue weighted by Gasteiger charge is 2.14. The number of hydrazine groups is 1. The lowest BCUT2D eigenvalue weighted by Crippen LogP contribution is -2.12. The van der Waals surface area contributed by atoms with Crippen LogP contribution in [0.4, 0.5) is 5.82 Å². The van der Waals surface area contributed by atoms with E-state index in [9.17, 15) is 0 Å². The minimum atomic E-state index is 0.453. The molecule has 6 nitrogen and oxygen atoms in total. The van der Waals surface area contributed by atoms with Crippen molar-refractivity contribution in [2.75, 3.05) is 5.43 Å². The Hall–Kier alpha value is -1.70. The summed E-state index contributed by atoms with van der Waals surface area (Å²) < 4.78 is 1.73. The number of nitrogens with zero attached hydrogens (tertiary/aromatic N) is 4. The zero-order chi connectivity index (χ0) is 15.1. The first-order valence-electron chi connectivity index (χ1n) is 6.42. The Bertz CT molecular complexity index is 802. The van der Waals surface area contributed by atoms with Gasteiger partial charge >= 0.3 is 0 Å². The van der Waals surface area contributed by atoms with Gasteiger partial charge in [-0.2, -0.15) is 5.10 Å². The molecule has 3 rings (SSSR count). The molecule has 0 radical (unpaired) electrons. The molecule has 110 valence electrons. The molecule has 0 fully saturated rings. The quantitative estimate of drug-likeness (QED) is 0.572. The Labute approximate surface area is 130 Å². The third kappa shape index (κ3) is 2.48. The zero-order valence-corrected chi connectivity index (χ0v) is 13.5. The average molecular weight is 323 g/mol. The summed E-state index contributed by atoms with van der Waals surface area (Å²) in [5.74, 6) is 6.90. The summed E-state index contributed by atoms with van der Waals surface area (Å²) in [5.41, 5.74) is 4.62. The first-order valence-corrected chi connectivity index (χ1v) is 7.62. The highest BCUT2D eigenvalue weighted by molar-refractivity contribution is 7.18. The molecule has 3 aromatic rings. The van der Waals surface area contributed by atoms with Crippen molar-refractivity contribution < 1.29 is 0 Å². The van der Waals surface area contributed by atoms with E-state index in [2.05, 4.69) is 34.3 Å². The third-order valence-corrected chi connectivity index (χ3v) is 4.87. The number of halogens is 1. The van der Waals surface area contributed by atoms with Crippen LogP contribution in [0.2, 0.25) is 5.02 Å². The highest BCUT2D eigenvalue weighted by atomic mass is 35.5. The Morgan fingerprint density at radius 1 is 1.33 bits per heavy atom. The van der Waals surface area contributed by atoms with Gasteiger partial charge in [0.1, 0.15) is 11.4 Å². The van der Waals surface area contributed by atoms with Gasteiger partial charge in [0, 0.05) is 11.1 Å². The second kappa shape index (κ2) is 5.25. The van der Waals surface area contributed by atoms with Gasteiger partial charge in [0.15, 0.2) is 11.6 Å². The van der Waals surface area contributed by atoms with Gasteiger partial charge in [0.2, 0.25) is 0 Å². The Morgan fingerprint density at radius 2 is 2.10 bits per heavy atom. The van der Waals surface area contributed by atoms with E-state index in [1.165, 1.54) is 4.88 Å². The molecule has 0 spiro atoms. The summed E-state index contributed by atoms with van der Waals surface area (Å²) in [6.45, 7) is 6.43. The molecule has 0 atom stereocenters. The van der Waals surface area contributed by atoms with Gasteiger partial charge in [-0.25, -0.2) is 15.8 Å². The van der Waals surface area contributed by atoms with Crippen LogP contribution in [0.25, 0.3) is 10.2 Å². The molecule has 8 heteroatoms. The summed E-state index contributed by atoms with van der Waals surface area (Å²) in [7, 11) is 0. The smallest absolute Gasteiger partial charge is 0.153 e. The van der Waals surface area contributed by atoms with Crippen molar-refractivity contribution in [3.05, 3.63) is 33.2 Å². The number of rotatable bonds is 3. The lowest BCUT2D eigenvalue weighted by Gasteiger charge is -2.06. The van der Waals surface area contributed by atoms with Crippen molar-refractivity contribution >= 4 is 39.0 Å². The molecule has 0 aromatic carbocycles. The van der Waals surface area contributed by atoms with Crippen LogP contribution >= 0.6 is 22.9 Å². The molecule has 0 unspecified atom stereocenters. The number of thiophene rings is 1. The van der Waals surface area contributed by atoms with E-state index in [4.69, 9.17) is 17.4 Å². The molecule has 21 heavy (non-hydrogen) atoms. The van der Waals surface area contributed by atoms with E-state index in [0.717, 1.165) is 21.5 Å². The maximum atomic E-state index is 6.02. The van der Waals surface area contributed by atoms with Crippen molar-refractivity contribution in [1.82, 2.24) is 19.7 Å². The molecule has 0 aliphatic carbocycles. The molecular weight excluding hydrogens is 308 g/mol. The van der Waals surface area contributed by atoms with Crippen LogP contribution in [0, 0.1) is 20.8 Å². The van der Waals surface area contributed by atoms with Crippen LogP contribution in [-0.2, 0) is 6.54 Å². The number of aromatic nitrogens is 4. The maximum Gasteiger partial charge on any atom is 0.153 e. The minimum absolute atomic E-state index is 0.453. The van der Waals surface area contributed by atoms with Crippen LogP contribution in [0.1, 0.15) is 22.0 Å². The van der Waals surface area contributed by atoms with Crippen LogP contribution in [0.15, 0.2) is 6.20 Å². The summed E-state index contributed by atoms with van der Waals surface area (Å²) in [6, 6.07) is 0. The first-order chi connectivity index (χ1) is 9.99. The predicted octanol–water partition coefficient (Wildman–Crippen LogP) is 2.80. The molecule has 0 bridgehead atoms. The van der Waals surface area contributed by atoms with Crippen molar-refractivity contribution in [1.29, 1.82) is 0 Å². The molecule has 0 saturated carbocycles. The van der Waals surface area contributed by atoms with E-state index >= 15 is 0 Å². The average Bonchev–Trinajstić information content (AvgIpc) is 2.90. The number of fused-ring (bicyclic) bond motifs is 1. The number of nitrogens with one attached hydrogen (secondary N) is 1. The van der Waals surface area contributed by atoms with Crippen LogP contribution < -0.4 is 11.3 Å². The Balaban J connectivity index is 2.07. The highest BCUT2D eigenvalue weighted by Crippen LogP contribution is 2.32. The van der Waals surface area contributed by atoms with E-state index in [-0.39, 0.29) is 0 Å². The fourth-order valence-corrected chi connectivity index (χ4v) is 3.39. The molecule has 0 saturated heterocycles. The Morgan fingerprint density at radius 3 is 2.71 bits per heavy atom. The lowest BCUT2D eigenvalue weighted by atomic mass is 10.2. The standard InChI is InChI=1S/C13H15ClN6S/c1-6-8(3)21-13-11(6)12(18-15)16-10(17-13)5-20-4-9(14)7(2)19-20/h4H,5,15H2,1-3H3,(H,16,17,18). The third-order valence-electron chi connectivity index (χ3n) is 3.40. The monoisotopic (exact) mass is 322 g/mol. The SMILES string of the molecule is Cc1nn(Cc2nc(NN)c3c(C)c(C)sc3n2)cc1Cl. The van der Waals surface area contributed by atoms with E-state index in [1.807, 2.05) is 6.92 Å². The zero-order valence-electron chi connectivity index (χ0n) is 11.9. The maximum absolute atomic E-state index is 6.02. The number of nitrogen functional groups attached to an aromatic ring is 1. The van der Waals surface area contributed by atoms with Gasteiger partial charge in [0.05, 0.1) is 16.1 Å². The van der Waals surface area contributed by atoms with E-state index < -0.39 is 0 Å². The van der Waals surface area contributed by atoms with E-state index in [1.54, 1.807) is 22.2 Å². The molecule has 0 aliphatic heterocycles. The molecule has 0 amide bonds. The number of aryl methyl sites for hydroxylation is 3. The van der Waals surface area contributed by atoms with Crippen LogP contribution in [-0.4, -0.2) is 19.7 Å². The summed E-state index contributed by atoms with van der Waals surface area (Å²) in [6.07, 6.45) is 1.77. The summed E-state index contributed by atoms with van der Waals surface area (Å²) >= 11 is 7.66. The largest absolute Gasteiger partial charge is 0.308 e. The van der Waals surface area contributed by atoms with Gasteiger partial charge in [-0.05, 0) is 26.3 Å². The fraction of sp³-hybridized carbons (Fsp3) is 0.308. The fourth-order valence-electron chi connectivity index (χ4n) is 2.19. The van der Waals surface area contributed by atoms with Gasteiger partial charge < -0.3 is 5.43 Å². The molecule has 0 aliphatic rings. The minimum Gasteiger partial charge on any atom is -0.308 e. The number of hydrogen-bond donors (Lipinski definition) is 2. The molecule has 3 aromatic heterocycles. The van der Waals surface area contributed by atoms with Crippen LogP contribution in [0.3, 0.4) is 0 Å². The Kier molecular flexibility index (Phi) is 3.56. The van der Waals surface area contributed by atoms with Crippen molar-refractivity contribution in [2.24, 2.45) is 5.84 Å². The predicted molar refractivity (Wildman–Crippen MR) is 85.8 cm³/mol. The van der Waals surface area contributed by atoms with Gasteiger partial charge in [0.25, 0.3) is 0 Å². The van der Waals surface area contributed by atoms with Gasteiger partial charge in [-0.15, -0.1) is 11.3 Å². The molecular formula is C13H15ClN6S. The summed E-state index contributed by atoms with van der Waals surface area (Å²) in [5, 5.41) is 5.94. The second-order valence-corrected chi connectivity index (χ2v) is 6.47. The topological polar surface area (TPSA) is 81.7 Å². The second-order valence-electron chi connectivity index (χ2n) is 4.86. The lowest BCUT2D eigenvalue weighted by molar-refractivity contribution is 0.653. The van der Waals surface area contributed by atoms with Crippen molar-refractivity contribution in [3.8, 4) is 0 Å². The molecule has 3 N–H and O–H groups in total. The van der Waals surface area contributed by atoms with Crippen molar-refractivity contribution in [2.45, 2.75) is 27.3 Å². The van der Waals surface area contributed by atoms with Gasteiger partial charge in [-0.3, -0.25) is 4.68 Å². The normalized spacial score (nSPS) is 11.3. The number of nitrogens with two attached hydrogens (primary N) is 1. The van der Waals surface area contributed by atoms with Crippen molar-refractivity contribution in [3.63, 3.8) is 0 Å². The number of hydrogen-bond acceptors (Lipinski definition) is 6.